The fourth-order valence-corrected chi connectivity index (χ4v) is 1.66. The molecule has 0 aliphatic heterocycles. The maximum absolute atomic E-state index is 11.1. The number of aromatic nitrogens is 1. The average Bonchev–Trinajstić information content (AvgIpc) is 2.41. The van der Waals surface area contributed by atoms with Gasteiger partial charge in [0.1, 0.15) is 5.75 Å². The largest absolute Gasteiger partial charge is 0.449 e. The summed E-state index contributed by atoms with van der Waals surface area (Å²) in [5.74, 6) is 0.536. The predicted molar refractivity (Wildman–Crippen MR) is 72.8 cm³/mol. The topological polar surface area (TPSA) is 85.5 Å². The first-order valence-electron chi connectivity index (χ1n) is 6.04. The molecule has 0 saturated carbocycles. The van der Waals surface area contributed by atoms with Crippen LogP contribution in [0.1, 0.15) is 24.3 Å². The van der Waals surface area contributed by atoms with E-state index in [1.165, 1.54) is 18.3 Å². The number of nitro groups is 1. The van der Waals surface area contributed by atoms with Gasteiger partial charge in [-0.25, -0.2) is 0 Å². The van der Waals surface area contributed by atoms with Crippen molar-refractivity contribution >= 4 is 5.69 Å². The van der Waals surface area contributed by atoms with Gasteiger partial charge >= 0.3 is 5.69 Å². The molecule has 2 rings (SSSR count). The van der Waals surface area contributed by atoms with Gasteiger partial charge in [-0.15, -0.1) is 0 Å². The van der Waals surface area contributed by atoms with Crippen LogP contribution in [0.25, 0.3) is 0 Å². The molecule has 20 heavy (non-hydrogen) atoms. The first-order valence-corrected chi connectivity index (χ1v) is 6.04. The van der Waals surface area contributed by atoms with E-state index >= 15 is 0 Å². The van der Waals surface area contributed by atoms with Gasteiger partial charge in [0, 0.05) is 11.8 Å². The van der Waals surface area contributed by atoms with E-state index in [1.54, 1.807) is 25.1 Å². The maximum atomic E-state index is 11.1. The Morgan fingerprint density at radius 2 is 2.10 bits per heavy atom. The van der Waals surface area contributed by atoms with E-state index in [2.05, 4.69) is 4.98 Å². The number of hydrogen-bond acceptors (Lipinski definition) is 5. The minimum atomic E-state index is -0.774. The Balaban J connectivity index is 2.35. The lowest BCUT2D eigenvalue weighted by molar-refractivity contribution is -0.385. The van der Waals surface area contributed by atoms with Gasteiger partial charge in [-0.3, -0.25) is 15.1 Å². The highest BCUT2D eigenvalue weighted by atomic mass is 16.6. The Morgan fingerprint density at radius 1 is 1.35 bits per heavy atom. The monoisotopic (exact) mass is 274 g/mol. The molecule has 0 fully saturated rings. The zero-order chi connectivity index (χ0) is 14.7. The molecule has 2 aromatic rings. The lowest BCUT2D eigenvalue weighted by Crippen LogP contribution is -1.97. The van der Waals surface area contributed by atoms with Gasteiger partial charge in [0.25, 0.3) is 0 Å². The lowest BCUT2D eigenvalue weighted by Gasteiger charge is -2.09. The van der Waals surface area contributed by atoms with E-state index in [4.69, 9.17) is 4.74 Å². The van der Waals surface area contributed by atoms with E-state index < -0.39 is 11.0 Å². The number of ether oxygens (including phenoxy) is 1. The minimum Gasteiger partial charge on any atom is -0.449 e. The molecule has 1 unspecified atom stereocenters. The van der Waals surface area contributed by atoms with Crippen LogP contribution in [0.5, 0.6) is 11.5 Å². The number of rotatable bonds is 4. The SMILES string of the molecule is Cc1ccc(Oc2ccc(C(C)O)cc2[N+](=O)[O-])cn1. The molecule has 1 N–H and O–H groups in total. The molecule has 1 atom stereocenters. The summed E-state index contributed by atoms with van der Waals surface area (Å²) < 4.78 is 5.47. The number of pyridine rings is 1. The molecule has 0 aliphatic carbocycles. The Labute approximate surface area is 115 Å². The fourth-order valence-electron chi connectivity index (χ4n) is 1.66. The molecular weight excluding hydrogens is 260 g/mol. The van der Waals surface area contributed by atoms with Crippen molar-refractivity contribution < 1.29 is 14.8 Å². The highest BCUT2D eigenvalue weighted by Crippen LogP contribution is 2.33. The molecule has 1 heterocycles. The van der Waals surface area contributed by atoms with Gasteiger partial charge < -0.3 is 9.84 Å². The van der Waals surface area contributed by atoms with Crippen molar-refractivity contribution in [3.8, 4) is 11.5 Å². The number of aryl methyl sites for hydroxylation is 1. The highest BCUT2D eigenvalue weighted by molar-refractivity contribution is 5.50. The molecule has 6 heteroatoms. The van der Waals surface area contributed by atoms with Gasteiger partial charge in [0.05, 0.1) is 17.2 Å². The van der Waals surface area contributed by atoms with Gasteiger partial charge in [-0.05, 0) is 37.6 Å². The second kappa shape index (κ2) is 5.66. The predicted octanol–water partition coefficient (Wildman–Crippen LogP) is 3.14. The summed E-state index contributed by atoms with van der Waals surface area (Å²) in [7, 11) is 0. The van der Waals surface area contributed by atoms with Crippen LogP contribution >= 0.6 is 0 Å². The molecule has 0 aliphatic rings. The van der Waals surface area contributed by atoms with Crippen molar-refractivity contribution in [2.75, 3.05) is 0 Å². The summed E-state index contributed by atoms with van der Waals surface area (Å²) in [5, 5.41) is 20.5. The van der Waals surface area contributed by atoms with Crippen molar-refractivity contribution in [3.63, 3.8) is 0 Å². The van der Waals surface area contributed by atoms with Crippen molar-refractivity contribution in [1.29, 1.82) is 0 Å². The summed E-state index contributed by atoms with van der Waals surface area (Å²) in [6.07, 6.45) is 0.727. The van der Waals surface area contributed by atoms with E-state index in [9.17, 15) is 15.2 Å². The van der Waals surface area contributed by atoms with Crippen LogP contribution in [-0.2, 0) is 0 Å². The summed E-state index contributed by atoms with van der Waals surface area (Å²) in [6.45, 7) is 3.38. The first-order chi connectivity index (χ1) is 9.47. The number of nitro benzene ring substituents is 1. The summed E-state index contributed by atoms with van der Waals surface area (Å²) in [5.41, 5.74) is 1.10. The number of aliphatic hydroxyl groups excluding tert-OH is 1. The van der Waals surface area contributed by atoms with Gasteiger partial charge in [-0.1, -0.05) is 6.07 Å². The Bertz CT molecular complexity index is 624. The van der Waals surface area contributed by atoms with Crippen molar-refractivity contribution in [2.45, 2.75) is 20.0 Å². The van der Waals surface area contributed by atoms with E-state index in [0.29, 0.717) is 11.3 Å². The minimum absolute atomic E-state index is 0.116. The highest BCUT2D eigenvalue weighted by Gasteiger charge is 2.18. The van der Waals surface area contributed by atoms with Crippen LogP contribution in [0, 0.1) is 17.0 Å². The Hall–Kier alpha value is -2.47. The Kier molecular flexibility index (Phi) is 3.95. The van der Waals surface area contributed by atoms with E-state index in [1.807, 2.05) is 6.92 Å². The number of nitrogens with zero attached hydrogens (tertiary/aromatic N) is 2. The summed E-state index contributed by atoms with van der Waals surface area (Å²) >= 11 is 0. The van der Waals surface area contributed by atoms with Crippen LogP contribution in [0.15, 0.2) is 36.5 Å². The normalized spacial score (nSPS) is 11.9. The lowest BCUT2D eigenvalue weighted by atomic mass is 10.1. The zero-order valence-corrected chi connectivity index (χ0v) is 11.1. The number of hydrogen-bond donors (Lipinski definition) is 1. The molecule has 0 saturated heterocycles. The van der Waals surface area contributed by atoms with Gasteiger partial charge in [-0.2, -0.15) is 0 Å². The van der Waals surface area contributed by atoms with Crippen LogP contribution in [0.4, 0.5) is 5.69 Å². The third kappa shape index (κ3) is 3.10. The van der Waals surface area contributed by atoms with Crippen LogP contribution < -0.4 is 4.74 Å². The molecule has 0 spiro atoms. The third-order valence-corrected chi connectivity index (χ3v) is 2.77. The van der Waals surface area contributed by atoms with Crippen molar-refractivity contribution in [2.24, 2.45) is 0 Å². The first kappa shape index (κ1) is 14.0. The van der Waals surface area contributed by atoms with Crippen molar-refractivity contribution in [1.82, 2.24) is 4.98 Å². The van der Waals surface area contributed by atoms with Crippen molar-refractivity contribution in [3.05, 3.63) is 57.9 Å². The fraction of sp³-hybridized carbons (Fsp3) is 0.214. The summed E-state index contributed by atoms with van der Waals surface area (Å²) in [6, 6.07) is 7.82. The van der Waals surface area contributed by atoms with Crippen LogP contribution in [-0.4, -0.2) is 15.0 Å². The smallest absolute Gasteiger partial charge is 0.311 e. The molecule has 0 bridgehead atoms. The number of aliphatic hydroxyl groups is 1. The second-order valence-corrected chi connectivity index (χ2v) is 4.40. The summed E-state index contributed by atoms with van der Waals surface area (Å²) in [4.78, 5) is 14.6. The van der Waals surface area contributed by atoms with Gasteiger partial charge in [0.15, 0.2) is 0 Å². The molecule has 1 aromatic heterocycles. The van der Waals surface area contributed by atoms with E-state index in [0.717, 1.165) is 5.69 Å². The molecule has 6 nitrogen and oxygen atoms in total. The standard InChI is InChI=1S/C14H14N2O4/c1-9-3-5-12(8-15-9)20-14-6-4-11(10(2)17)7-13(14)16(18)19/h3-8,10,17H,1-2H3. The maximum Gasteiger partial charge on any atom is 0.311 e. The molecule has 0 radical (unpaired) electrons. The number of benzene rings is 1. The molecular formula is C14H14N2O4. The Morgan fingerprint density at radius 3 is 2.65 bits per heavy atom. The van der Waals surface area contributed by atoms with Crippen LogP contribution in [0.3, 0.4) is 0 Å². The van der Waals surface area contributed by atoms with E-state index in [-0.39, 0.29) is 11.4 Å². The van der Waals surface area contributed by atoms with Gasteiger partial charge in [0.2, 0.25) is 5.75 Å². The third-order valence-electron chi connectivity index (χ3n) is 2.77. The molecule has 104 valence electrons. The quantitative estimate of drug-likeness (QED) is 0.683. The van der Waals surface area contributed by atoms with Crippen LogP contribution in [0.2, 0.25) is 0 Å². The second-order valence-electron chi connectivity index (χ2n) is 4.40. The average molecular weight is 274 g/mol. The molecule has 1 aromatic carbocycles. The zero-order valence-electron chi connectivity index (χ0n) is 11.1. The molecule has 0 amide bonds.